The molecular weight excluding hydrogens is 233 g/mol. The first-order valence-electron chi connectivity index (χ1n) is 5.48. The molecule has 1 aromatic heterocycles. The third kappa shape index (κ3) is 2.48. The average molecular weight is 245 g/mol. The van der Waals surface area contributed by atoms with Crippen LogP contribution in [0.25, 0.3) is 0 Å². The van der Waals surface area contributed by atoms with Gasteiger partial charge < -0.3 is 9.73 Å². The summed E-state index contributed by atoms with van der Waals surface area (Å²) in [5.41, 5.74) is 0.812. The maximum Gasteiger partial charge on any atom is 0.216 e. The van der Waals surface area contributed by atoms with Gasteiger partial charge in [-0.1, -0.05) is 0 Å². The molecule has 0 bridgehead atoms. The highest BCUT2D eigenvalue weighted by atomic mass is 19.1. The second-order valence-corrected chi connectivity index (χ2v) is 3.98. The fraction of sp³-hybridized carbons (Fsp3) is 0.231. The zero-order chi connectivity index (χ0) is 13.1. The lowest BCUT2D eigenvalue weighted by atomic mass is 10.1. The van der Waals surface area contributed by atoms with Crippen LogP contribution in [0.3, 0.4) is 0 Å². The van der Waals surface area contributed by atoms with Gasteiger partial charge in [-0.3, -0.25) is 0 Å². The molecule has 18 heavy (non-hydrogen) atoms. The summed E-state index contributed by atoms with van der Waals surface area (Å²) in [7, 11) is 0. The van der Waals surface area contributed by atoms with Crippen LogP contribution in [0.4, 0.5) is 10.1 Å². The number of anilines is 1. The third-order valence-corrected chi connectivity index (χ3v) is 2.48. The molecule has 0 spiro atoms. The zero-order valence-corrected chi connectivity index (χ0v) is 10.1. The summed E-state index contributed by atoms with van der Waals surface area (Å²) >= 11 is 0. The number of hydrogen-bond acceptors (Lipinski definition) is 4. The molecule has 1 aromatic carbocycles. The molecule has 4 nitrogen and oxygen atoms in total. The summed E-state index contributed by atoms with van der Waals surface area (Å²) < 4.78 is 18.4. The van der Waals surface area contributed by atoms with Gasteiger partial charge in [-0.15, -0.1) is 0 Å². The number of nitriles is 1. The van der Waals surface area contributed by atoms with E-state index in [2.05, 4.69) is 10.3 Å². The highest BCUT2D eigenvalue weighted by Gasteiger charge is 2.13. The molecular formula is C13H12FN3O. The van der Waals surface area contributed by atoms with Crippen molar-refractivity contribution in [3.63, 3.8) is 0 Å². The van der Waals surface area contributed by atoms with E-state index in [9.17, 15) is 4.39 Å². The highest BCUT2D eigenvalue weighted by molar-refractivity contribution is 5.58. The van der Waals surface area contributed by atoms with Crippen molar-refractivity contribution in [3.8, 4) is 6.07 Å². The van der Waals surface area contributed by atoms with Crippen molar-refractivity contribution in [1.82, 2.24) is 4.98 Å². The smallest absolute Gasteiger partial charge is 0.216 e. The normalized spacial score (nSPS) is 11.9. The molecule has 92 valence electrons. The van der Waals surface area contributed by atoms with Crippen LogP contribution in [-0.2, 0) is 0 Å². The molecule has 0 saturated carbocycles. The van der Waals surface area contributed by atoms with E-state index in [4.69, 9.17) is 9.68 Å². The molecule has 5 heteroatoms. The van der Waals surface area contributed by atoms with Crippen LogP contribution in [0, 0.1) is 24.1 Å². The van der Waals surface area contributed by atoms with Crippen molar-refractivity contribution in [2.45, 2.75) is 19.9 Å². The van der Waals surface area contributed by atoms with E-state index in [1.807, 2.05) is 19.9 Å². The predicted octanol–water partition coefficient (Wildman–Crippen LogP) is 3.17. The molecule has 0 radical (unpaired) electrons. The van der Waals surface area contributed by atoms with Crippen LogP contribution in [0.1, 0.15) is 30.2 Å². The van der Waals surface area contributed by atoms with E-state index in [1.54, 1.807) is 6.20 Å². The van der Waals surface area contributed by atoms with Gasteiger partial charge in [0.05, 0.1) is 17.4 Å². The number of nitrogens with one attached hydrogen (secondary N) is 1. The van der Waals surface area contributed by atoms with E-state index in [0.29, 0.717) is 11.6 Å². The van der Waals surface area contributed by atoms with E-state index in [0.717, 1.165) is 5.76 Å². The van der Waals surface area contributed by atoms with Gasteiger partial charge >= 0.3 is 0 Å². The Morgan fingerprint density at radius 2 is 2.28 bits per heavy atom. The number of halogens is 1. The van der Waals surface area contributed by atoms with Gasteiger partial charge in [0.25, 0.3) is 0 Å². The van der Waals surface area contributed by atoms with Crippen molar-refractivity contribution < 1.29 is 8.81 Å². The highest BCUT2D eigenvalue weighted by Crippen LogP contribution is 2.22. The maximum atomic E-state index is 13.0. The molecule has 2 aromatic rings. The summed E-state index contributed by atoms with van der Waals surface area (Å²) in [5.74, 6) is 0.815. The predicted molar refractivity (Wildman–Crippen MR) is 64.4 cm³/mol. The summed E-state index contributed by atoms with van der Waals surface area (Å²) in [4.78, 5) is 4.10. The van der Waals surface area contributed by atoms with Crippen LogP contribution < -0.4 is 5.32 Å². The Morgan fingerprint density at radius 3 is 2.89 bits per heavy atom. The minimum absolute atomic E-state index is 0.198. The van der Waals surface area contributed by atoms with Gasteiger partial charge in [0.2, 0.25) is 5.89 Å². The zero-order valence-electron chi connectivity index (χ0n) is 10.1. The van der Waals surface area contributed by atoms with Crippen LogP contribution in [0.2, 0.25) is 0 Å². The second kappa shape index (κ2) is 4.88. The summed E-state index contributed by atoms with van der Waals surface area (Å²) in [5, 5.41) is 12.0. The van der Waals surface area contributed by atoms with Crippen molar-refractivity contribution in [3.05, 3.63) is 47.4 Å². The lowest BCUT2D eigenvalue weighted by Gasteiger charge is -2.13. The molecule has 1 N–H and O–H groups in total. The third-order valence-electron chi connectivity index (χ3n) is 2.48. The van der Waals surface area contributed by atoms with Crippen molar-refractivity contribution in [2.75, 3.05) is 5.32 Å². The Hall–Kier alpha value is -2.35. The largest absolute Gasteiger partial charge is 0.444 e. The second-order valence-electron chi connectivity index (χ2n) is 3.98. The van der Waals surface area contributed by atoms with Crippen molar-refractivity contribution in [1.29, 1.82) is 5.26 Å². The Kier molecular flexibility index (Phi) is 3.28. The van der Waals surface area contributed by atoms with Gasteiger partial charge in [0.1, 0.15) is 23.7 Å². The van der Waals surface area contributed by atoms with Crippen LogP contribution >= 0.6 is 0 Å². The first kappa shape index (κ1) is 12.1. The molecule has 0 fully saturated rings. The number of rotatable bonds is 3. The first-order chi connectivity index (χ1) is 8.60. The Bertz CT molecular complexity index is 601. The summed E-state index contributed by atoms with van der Waals surface area (Å²) in [6, 6.07) is 5.77. The first-order valence-corrected chi connectivity index (χ1v) is 5.48. The fourth-order valence-electron chi connectivity index (χ4n) is 1.60. The fourth-order valence-corrected chi connectivity index (χ4v) is 1.60. The molecule has 1 atom stereocenters. The quantitative estimate of drug-likeness (QED) is 0.902. The van der Waals surface area contributed by atoms with E-state index in [1.165, 1.54) is 18.2 Å². The van der Waals surface area contributed by atoms with Crippen LogP contribution in [0.15, 0.2) is 28.8 Å². The van der Waals surface area contributed by atoms with Gasteiger partial charge in [0.15, 0.2) is 0 Å². The number of oxazole rings is 1. The molecule has 0 aliphatic heterocycles. The molecule has 1 unspecified atom stereocenters. The van der Waals surface area contributed by atoms with E-state index < -0.39 is 5.82 Å². The molecule has 0 saturated heterocycles. The lowest BCUT2D eigenvalue weighted by Crippen LogP contribution is -2.08. The maximum absolute atomic E-state index is 13.0. The SMILES string of the molecule is Cc1cnc(C(C)Nc2ccc(F)cc2C#N)o1. The Morgan fingerprint density at radius 1 is 1.50 bits per heavy atom. The van der Waals surface area contributed by atoms with Gasteiger partial charge in [-0.05, 0) is 32.0 Å². The number of aryl methyl sites for hydroxylation is 1. The number of nitrogens with zero attached hydrogens (tertiary/aromatic N) is 2. The number of benzene rings is 1. The van der Waals surface area contributed by atoms with E-state index in [-0.39, 0.29) is 11.6 Å². The average Bonchev–Trinajstić information content (AvgIpc) is 2.78. The number of aromatic nitrogens is 1. The summed E-state index contributed by atoms with van der Waals surface area (Å²) in [6.07, 6.45) is 1.63. The minimum Gasteiger partial charge on any atom is -0.444 e. The lowest BCUT2D eigenvalue weighted by molar-refractivity contribution is 0.453. The Balaban J connectivity index is 2.22. The molecule has 0 aliphatic rings. The molecule has 1 heterocycles. The standard InChI is InChI=1S/C13H12FN3O/c1-8-7-16-13(18-8)9(2)17-12-4-3-11(14)5-10(12)6-15/h3-5,7,9,17H,1-2H3. The van der Waals surface area contributed by atoms with E-state index >= 15 is 0 Å². The van der Waals surface area contributed by atoms with Crippen LogP contribution in [-0.4, -0.2) is 4.98 Å². The van der Waals surface area contributed by atoms with Crippen molar-refractivity contribution in [2.24, 2.45) is 0 Å². The molecule has 2 rings (SSSR count). The summed E-state index contributed by atoms with van der Waals surface area (Å²) in [6.45, 7) is 3.66. The van der Waals surface area contributed by atoms with Gasteiger partial charge in [-0.2, -0.15) is 5.26 Å². The van der Waals surface area contributed by atoms with Gasteiger partial charge in [-0.25, -0.2) is 9.37 Å². The van der Waals surface area contributed by atoms with Gasteiger partial charge in [0, 0.05) is 0 Å². The Labute approximate surface area is 104 Å². The minimum atomic E-state index is -0.434. The van der Waals surface area contributed by atoms with Crippen molar-refractivity contribution >= 4 is 5.69 Å². The monoisotopic (exact) mass is 245 g/mol. The number of hydrogen-bond donors (Lipinski definition) is 1. The molecule has 0 aliphatic carbocycles. The molecule has 0 amide bonds. The topological polar surface area (TPSA) is 61.9 Å². The van der Waals surface area contributed by atoms with Crippen LogP contribution in [0.5, 0.6) is 0 Å².